The van der Waals surface area contributed by atoms with Gasteiger partial charge in [0, 0.05) is 16.7 Å². The van der Waals surface area contributed by atoms with Gasteiger partial charge in [-0.1, -0.05) is 28.1 Å². The topological polar surface area (TPSA) is 111 Å². The first-order valence-corrected chi connectivity index (χ1v) is 9.85. The molecule has 1 aromatic carbocycles. The number of ether oxygens (including phenoxy) is 2. The van der Waals surface area contributed by atoms with E-state index in [-0.39, 0.29) is 39.9 Å². The molecule has 1 aliphatic rings. The first kappa shape index (κ1) is 22.2. The molecule has 0 aromatic heterocycles. The predicted molar refractivity (Wildman–Crippen MR) is 107 cm³/mol. The Labute approximate surface area is 175 Å². The summed E-state index contributed by atoms with van der Waals surface area (Å²) in [7, 11) is 1.23. The number of hydrogen-bond acceptors (Lipinski definition) is 8. The second-order valence-electron chi connectivity index (χ2n) is 5.81. The van der Waals surface area contributed by atoms with Crippen molar-refractivity contribution in [3.8, 4) is 0 Å². The maximum atomic E-state index is 12.8. The lowest BCUT2D eigenvalue weighted by Crippen LogP contribution is -2.33. The van der Waals surface area contributed by atoms with Crippen molar-refractivity contribution in [2.45, 2.75) is 12.8 Å². The first-order valence-electron chi connectivity index (χ1n) is 8.20. The molecule has 0 radical (unpaired) electrons. The zero-order chi connectivity index (χ0) is 20.8. The predicted octanol–water partition coefficient (Wildman–Crippen LogP) is 2.94. The summed E-state index contributed by atoms with van der Waals surface area (Å²) in [5.41, 5.74) is 1.76. The molecule has 1 aliphatic heterocycles. The number of nitrogens with zero attached hydrogens (tertiary/aromatic N) is 1. The van der Waals surface area contributed by atoms with Crippen LogP contribution in [0.2, 0.25) is 0 Å². The molecule has 0 amide bonds. The van der Waals surface area contributed by atoms with Gasteiger partial charge in [0.2, 0.25) is 0 Å². The molecule has 2 rings (SSSR count). The lowest BCUT2D eigenvalue weighted by Gasteiger charge is -2.31. The van der Waals surface area contributed by atoms with Crippen molar-refractivity contribution in [3.63, 3.8) is 0 Å². The largest absolute Gasteiger partial charge is 0.733 e. The van der Waals surface area contributed by atoms with Gasteiger partial charge < -0.3 is 25.2 Å². The van der Waals surface area contributed by atoms with Crippen LogP contribution in [0.5, 0.6) is 0 Å². The number of halogens is 2. The van der Waals surface area contributed by atoms with Crippen LogP contribution in [-0.4, -0.2) is 42.1 Å². The molecule has 1 heterocycles. The minimum atomic E-state index is -0.871. The van der Waals surface area contributed by atoms with E-state index in [0.717, 1.165) is 0 Å². The van der Waals surface area contributed by atoms with Gasteiger partial charge in [0.15, 0.2) is 0 Å². The highest BCUT2D eigenvalue weighted by molar-refractivity contribution is 9.09. The molecule has 0 saturated heterocycles. The van der Waals surface area contributed by atoms with Crippen molar-refractivity contribution in [2.75, 3.05) is 30.2 Å². The third kappa shape index (κ3) is 4.67. The number of nitrogens with one attached hydrogen (secondary N) is 1. The lowest BCUT2D eigenvalue weighted by atomic mass is 9.80. The minimum absolute atomic E-state index is 0.00650. The number of dihydropyridines is 1. The number of hydrogen-bond donors (Lipinski definition) is 2. The van der Waals surface area contributed by atoms with Crippen LogP contribution in [0.25, 0.3) is 0 Å². The Morgan fingerprint density at radius 1 is 1.36 bits per heavy atom. The summed E-state index contributed by atoms with van der Waals surface area (Å²) in [6.45, 7) is 1.67. The van der Waals surface area contributed by atoms with E-state index in [9.17, 15) is 20.0 Å². The standard InChI is InChI=1S/C18H19BrClN2O6/c1-10-14(17(23)27-2)15(11-4-3-5-12(8-11)22(25)26)16(13(9-19)21-10)18(24)28-7-6-20/h3-5,8,15,21,25H,6-7,9H2,1-2H3/q-1/t15-/m0/s1. The molecule has 0 aliphatic carbocycles. The molecule has 0 spiro atoms. The average molecular weight is 475 g/mol. The van der Waals surface area contributed by atoms with Gasteiger partial charge in [-0.2, -0.15) is 0 Å². The van der Waals surface area contributed by atoms with Crippen LogP contribution >= 0.6 is 27.5 Å². The van der Waals surface area contributed by atoms with Gasteiger partial charge in [-0.3, -0.25) is 5.21 Å². The third-order valence-corrected chi connectivity index (χ3v) is 4.85. The van der Waals surface area contributed by atoms with Crippen LogP contribution in [-0.2, 0) is 19.1 Å². The van der Waals surface area contributed by atoms with Gasteiger partial charge in [0.1, 0.15) is 6.61 Å². The zero-order valence-electron chi connectivity index (χ0n) is 15.2. The Morgan fingerprint density at radius 2 is 2.07 bits per heavy atom. The number of carbonyl (C=O) groups is 2. The number of anilines is 1. The molecule has 2 N–H and O–H groups in total. The molecule has 0 unspecified atom stereocenters. The van der Waals surface area contributed by atoms with E-state index in [4.69, 9.17) is 21.1 Å². The number of rotatable bonds is 7. The summed E-state index contributed by atoms with van der Waals surface area (Å²) < 4.78 is 10.1. The summed E-state index contributed by atoms with van der Waals surface area (Å²) >= 11 is 8.95. The van der Waals surface area contributed by atoms with Gasteiger partial charge in [-0.15, -0.1) is 11.6 Å². The second kappa shape index (κ2) is 9.92. The molecule has 0 bridgehead atoms. The maximum Gasteiger partial charge on any atom is 0.336 e. The number of allylic oxidation sites excluding steroid dienone is 2. The lowest BCUT2D eigenvalue weighted by molar-refractivity contribution is -0.139. The Hall–Kier alpha value is -2.07. The number of methoxy groups -OCH3 is 1. The van der Waals surface area contributed by atoms with E-state index in [0.29, 0.717) is 17.0 Å². The van der Waals surface area contributed by atoms with E-state index < -0.39 is 17.9 Å². The molecule has 152 valence electrons. The Balaban J connectivity index is 2.69. The molecule has 28 heavy (non-hydrogen) atoms. The van der Waals surface area contributed by atoms with E-state index in [2.05, 4.69) is 21.2 Å². The van der Waals surface area contributed by atoms with Crippen LogP contribution in [0, 0.1) is 5.21 Å². The fraction of sp³-hybridized carbons (Fsp3) is 0.333. The van der Waals surface area contributed by atoms with E-state index >= 15 is 0 Å². The molecule has 8 nitrogen and oxygen atoms in total. The fourth-order valence-corrected chi connectivity index (χ4v) is 3.51. The number of esters is 2. The van der Waals surface area contributed by atoms with Crippen molar-refractivity contribution in [1.82, 2.24) is 5.32 Å². The number of carbonyl (C=O) groups excluding carboxylic acids is 2. The summed E-state index contributed by atoms with van der Waals surface area (Å²) in [4.78, 5) is 25.3. The summed E-state index contributed by atoms with van der Waals surface area (Å²) in [5.74, 6) is -2.05. The van der Waals surface area contributed by atoms with E-state index in [1.54, 1.807) is 13.0 Å². The normalized spacial score (nSPS) is 16.6. The van der Waals surface area contributed by atoms with Crippen molar-refractivity contribution in [3.05, 3.63) is 57.6 Å². The van der Waals surface area contributed by atoms with Crippen molar-refractivity contribution in [1.29, 1.82) is 0 Å². The Morgan fingerprint density at radius 3 is 2.64 bits per heavy atom. The van der Waals surface area contributed by atoms with Gasteiger partial charge in [0.05, 0.1) is 35.7 Å². The van der Waals surface area contributed by atoms with Gasteiger partial charge >= 0.3 is 11.9 Å². The first-order chi connectivity index (χ1) is 13.3. The smallest absolute Gasteiger partial charge is 0.336 e. The van der Waals surface area contributed by atoms with Crippen LogP contribution in [0.15, 0.2) is 46.8 Å². The molecule has 1 aromatic rings. The zero-order valence-corrected chi connectivity index (χ0v) is 17.5. The fourth-order valence-electron chi connectivity index (χ4n) is 2.99. The quantitative estimate of drug-likeness (QED) is 0.352. The molecular weight excluding hydrogens is 456 g/mol. The Bertz CT molecular complexity index is 824. The Kier molecular flexibility index (Phi) is 7.88. The van der Waals surface area contributed by atoms with Crippen LogP contribution in [0.1, 0.15) is 18.4 Å². The minimum Gasteiger partial charge on any atom is -0.733 e. The second-order valence-corrected chi connectivity index (χ2v) is 6.75. The van der Waals surface area contributed by atoms with Crippen LogP contribution in [0.3, 0.4) is 0 Å². The number of alkyl halides is 2. The molecule has 1 atom stereocenters. The third-order valence-electron chi connectivity index (χ3n) is 4.14. The molecular formula is C18H19BrClN2O6-. The summed E-state index contributed by atoms with van der Waals surface area (Å²) in [6, 6.07) is 5.96. The highest BCUT2D eigenvalue weighted by Crippen LogP contribution is 2.40. The van der Waals surface area contributed by atoms with E-state index in [1.807, 2.05) is 0 Å². The van der Waals surface area contributed by atoms with E-state index in [1.165, 1.54) is 25.3 Å². The number of benzene rings is 1. The summed E-state index contributed by atoms with van der Waals surface area (Å²) in [5, 5.41) is 23.6. The molecule has 0 fully saturated rings. The van der Waals surface area contributed by atoms with Gasteiger partial charge in [-0.25, -0.2) is 9.59 Å². The monoisotopic (exact) mass is 473 g/mol. The van der Waals surface area contributed by atoms with Crippen molar-refractivity contribution < 1.29 is 24.3 Å². The van der Waals surface area contributed by atoms with Gasteiger partial charge in [-0.05, 0) is 24.6 Å². The molecule has 10 heteroatoms. The van der Waals surface area contributed by atoms with Crippen molar-refractivity contribution >= 4 is 45.2 Å². The van der Waals surface area contributed by atoms with Gasteiger partial charge in [0.25, 0.3) is 0 Å². The van der Waals surface area contributed by atoms with Crippen LogP contribution in [0.4, 0.5) is 5.69 Å². The average Bonchev–Trinajstić information content (AvgIpc) is 2.70. The van der Waals surface area contributed by atoms with Crippen molar-refractivity contribution in [2.24, 2.45) is 0 Å². The highest BCUT2D eigenvalue weighted by atomic mass is 79.9. The summed E-state index contributed by atoms with van der Waals surface area (Å²) in [6.07, 6.45) is 0. The molecule has 0 saturated carbocycles. The van der Waals surface area contributed by atoms with Crippen LogP contribution < -0.4 is 10.5 Å². The SMILES string of the molecule is COC(=O)C1=C(C)NC(CBr)=C(C(=O)OCCCl)[C@H]1c1cccc(N([O-])O)c1. The highest BCUT2D eigenvalue weighted by Gasteiger charge is 2.38. The maximum absolute atomic E-state index is 12.8.